The Kier molecular flexibility index (Phi) is 44.6. The number of allylic oxidation sites excluding steroid dienone is 10. The lowest BCUT2D eigenvalue weighted by Crippen LogP contribution is -2.27. The van der Waals surface area contributed by atoms with Crippen LogP contribution in [0.2, 0.25) is 0 Å². The number of nitrogens with zero attached hydrogens (tertiary/aromatic N) is 1. The maximum absolute atomic E-state index is 10.3. The zero-order valence-electron chi connectivity index (χ0n) is 35.8. The Hall–Kier alpha value is -1.95. The summed E-state index contributed by atoms with van der Waals surface area (Å²) in [4.78, 5) is 11.9. The van der Waals surface area contributed by atoms with Gasteiger partial charge in [0.25, 0.3) is 6.47 Å². The molecule has 0 aromatic heterocycles. The Bertz CT molecular complexity index is 867. The topological polar surface area (TPSA) is 70.0 Å². The van der Waals surface area contributed by atoms with E-state index in [1.54, 1.807) is 0 Å². The summed E-state index contributed by atoms with van der Waals surface area (Å²) >= 11 is 0. The molecule has 1 saturated carbocycles. The molecule has 1 fully saturated rings. The number of rotatable bonds is 33. The highest BCUT2D eigenvalue weighted by atomic mass is 16.5. The van der Waals surface area contributed by atoms with Crippen LogP contribution < -0.4 is 0 Å². The van der Waals surface area contributed by atoms with Gasteiger partial charge in [-0.15, -0.1) is 0 Å². The van der Waals surface area contributed by atoms with Crippen molar-refractivity contribution < 1.29 is 19.7 Å². The number of unbranched alkanes of at least 4 members (excludes halogenated alkanes) is 15. The lowest BCUT2D eigenvalue weighted by atomic mass is 9.99. The van der Waals surface area contributed by atoms with Gasteiger partial charge in [0.1, 0.15) is 6.10 Å². The molecule has 0 unspecified atom stereocenters. The van der Waals surface area contributed by atoms with Gasteiger partial charge in [0.2, 0.25) is 0 Å². The third-order valence-corrected chi connectivity index (χ3v) is 9.48. The first-order chi connectivity index (χ1) is 25.8. The molecule has 2 N–H and O–H groups in total. The van der Waals surface area contributed by atoms with Gasteiger partial charge in [0, 0.05) is 12.8 Å². The Labute approximate surface area is 330 Å². The highest BCUT2D eigenvalue weighted by Gasteiger charge is 2.21. The van der Waals surface area contributed by atoms with Gasteiger partial charge in [-0.3, -0.25) is 4.79 Å². The largest absolute Gasteiger partial charge is 0.465 e. The van der Waals surface area contributed by atoms with E-state index >= 15 is 0 Å². The maximum atomic E-state index is 10.3. The molecular formula is C48H89NO4. The second kappa shape index (κ2) is 44.4. The normalized spacial score (nSPS) is 13.9. The smallest absolute Gasteiger partial charge is 0.293 e. The number of carbonyl (C=O) groups excluding carboxylic acids is 1. The summed E-state index contributed by atoms with van der Waals surface area (Å²) in [5.74, 6) is -1.46. The Morgan fingerprint density at radius 3 is 1.32 bits per heavy atom. The molecule has 310 valence electrons. The fraction of sp³-hybridized carbons (Fsp3) is 0.771. The first kappa shape index (κ1) is 53.2. The van der Waals surface area contributed by atoms with E-state index in [2.05, 4.69) is 101 Å². The fourth-order valence-corrected chi connectivity index (χ4v) is 6.28. The van der Waals surface area contributed by atoms with Gasteiger partial charge in [0.15, 0.2) is 5.79 Å². The summed E-state index contributed by atoms with van der Waals surface area (Å²) in [6.07, 6.45) is 55.8. The highest BCUT2D eigenvalue weighted by Crippen LogP contribution is 2.21. The van der Waals surface area contributed by atoms with Crippen molar-refractivity contribution in [2.45, 2.75) is 219 Å². The summed E-state index contributed by atoms with van der Waals surface area (Å²) < 4.78 is 4.72. The number of hydrogen-bond acceptors (Lipinski definition) is 5. The van der Waals surface area contributed by atoms with Crippen LogP contribution >= 0.6 is 0 Å². The molecule has 0 aromatic carbocycles. The summed E-state index contributed by atoms with van der Waals surface area (Å²) in [5.41, 5.74) is 0. The van der Waals surface area contributed by atoms with Crippen molar-refractivity contribution in [1.29, 1.82) is 0 Å². The lowest BCUT2D eigenvalue weighted by Gasteiger charge is -2.21. The van der Waals surface area contributed by atoms with Crippen molar-refractivity contribution in [3.8, 4) is 0 Å². The second-order valence-corrected chi connectivity index (χ2v) is 15.2. The molecule has 0 aliphatic heterocycles. The predicted molar refractivity (Wildman–Crippen MR) is 233 cm³/mol. The lowest BCUT2D eigenvalue weighted by molar-refractivity contribution is -0.172. The average Bonchev–Trinajstić information content (AvgIpc) is 3.65. The number of ether oxygens (including phenoxy) is 1. The van der Waals surface area contributed by atoms with E-state index in [0.717, 1.165) is 64.2 Å². The quantitative estimate of drug-likeness (QED) is 0.0303. The molecule has 0 heterocycles. The van der Waals surface area contributed by atoms with Crippen LogP contribution in [0.25, 0.3) is 0 Å². The Balaban J connectivity index is 0. The molecule has 1 aliphatic rings. The monoisotopic (exact) mass is 744 g/mol. The van der Waals surface area contributed by atoms with Crippen LogP contribution in [0.1, 0.15) is 207 Å². The van der Waals surface area contributed by atoms with Crippen molar-refractivity contribution in [2.24, 2.45) is 0 Å². The SMILES string of the molecule is CC/C=C\C/C=C\C/C=C\CCCCCCCCC(O)(O)CCCCCCCC/C=C\C/C=C\CCCCC.CCCN(C)C.O=COC1CCCC1. The fourth-order valence-electron chi connectivity index (χ4n) is 6.28. The molecule has 0 atom stereocenters. The van der Waals surface area contributed by atoms with E-state index in [1.807, 2.05) is 0 Å². The number of hydrogen-bond donors (Lipinski definition) is 2. The molecular weight excluding hydrogens is 655 g/mol. The first-order valence-corrected chi connectivity index (χ1v) is 22.3. The van der Waals surface area contributed by atoms with Gasteiger partial charge in [-0.1, -0.05) is 146 Å². The summed E-state index contributed by atoms with van der Waals surface area (Å²) in [7, 11) is 4.17. The minimum absolute atomic E-state index is 0.243. The van der Waals surface area contributed by atoms with Gasteiger partial charge in [-0.25, -0.2) is 0 Å². The van der Waals surface area contributed by atoms with Gasteiger partial charge >= 0.3 is 0 Å². The molecule has 5 heteroatoms. The van der Waals surface area contributed by atoms with E-state index in [1.165, 1.54) is 116 Å². The molecule has 5 nitrogen and oxygen atoms in total. The molecule has 0 aromatic rings. The molecule has 0 amide bonds. The van der Waals surface area contributed by atoms with Crippen LogP contribution in [-0.4, -0.2) is 54.1 Å². The average molecular weight is 744 g/mol. The standard InChI is InChI=1S/C37H66O2.C6H10O2.C5H13N/c1-3-5-7-9-11-13-15-17-19-21-23-25-27-29-31-33-35-37(38,39)36-34-32-30-28-26-24-22-20-18-16-14-12-10-8-6-4-2;7-5-8-6-3-1-2-4-6;1-4-5-6(2)3/h5,7,11-14,17-20,38-39H,3-4,6,8-10,15-16,21-36H2,1-2H3;5-6H,1-4H2;4-5H2,1-3H3/b7-5-,13-11-,14-12-,19-17-,20-18-;;. The Morgan fingerprint density at radius 1 is 0.547 bits per heavy atom. The van der Waals surface area contributed by atoms with Crippen LogP contribution in [0.4, 0.5) is 0 Å². The summed E-state index contributed by atoms with van der Waals surface area (Å²) in [6, 6.07) is 0. The zero-order valence-corrected chi connectivity index (χ0v) is 35.8. The van der Waals surface area contributed by atoms with Gasteiger partial charge < -0.3 is 19.8 Å². The first-order valence-electron chi connectivity index (χ1n) is 22.3. The minimum Gasteiger partial charge on any atom is -0.465 e. The van der Waals surface area contributed by atoms with Gasteiger partial charge in [-0.2, -0.15) is 0 Å². The van der Waals surface area contributed by atoms with E-state index in [4.69, 9.17) is 4.74 Å². The summed E-state index contributed by atoms with van der Waals surface area (Å²) in [5, 5.41) is 20.5. The van der Waals surface area contributed by atoms with Crippen molar-refractivity contribution >= 4 is 6.47 Å². The van der Waals surface area contributed by atoms with Crippen LogP contribution in [-0.2, 0) is 9.53 Å². The second-order valence-electron chi connectivity index (χ2n) is 15.2. The van der Waals surface area contributed by atoms with E-state index < -0.39 is 5.79 Å². The van der Waals surface area contributed by atoms with E-state index in [-0.39, 0.29) is 6.10 Å². The predicted octanol–water partition coefficient (Wildman–Crippen LogP) is 13.9. The molecule has 1 aliphatic carbocycles. The van der Waals surface area contributed by atoms with Crippen molar-refractivity contribution in [3.05, 3.63) is 60.8 Å². The molecule has 0 bridgehead atoms. The van der Waals surface area contributed by atoms with Gasteiger partial charge in [-0.05, 0) is 130 Å². The molecule has 0 saturated heterocycles. The van der Waals surface area contributed by atoms with Crippen LogP contribution in [0, 0.1) is 0 Å². The van der Waals surface area contributed by atoms with E-state index in [0.29, 0.717) is 19.3 Å². The van der Waals surface area contributed by atoms with Crippen LogP contribution in [0.15, 0.2) is 60.8 Å². The molecule has 53 heavy (non-hydrogen) atoms. The zero-order chi connectivity index (χ0) is 39.4. The van der Waals surface area contributed by atoms with Crippen LogP contribution in [0.3, 0.4) is 0 Å². The third kappa shape index (κ3) is 48.0. The van der Waals surface area contributed by atoms with Crippen molar-refractivity contribution in [3.63, 3.8) is 0 Å². The number of carbonyl (C=O) groups is 1. The maximum Gasteiger partial charge on any atom is 0.293 e. The van der Waals surface area contributed by atoms with Gasteiger partial charge in [0.05, 0.1) is 0 Å². The molecule has 0 spiro atoms. The minimum atomic E-state index is -1.46. The van der Waals surface area contributed by atoms with Crippen molar-refractivity contribution in [2.75, 3.05) is 20.6 Å². The summed E-state index contributed by atoms with van der Waals surface area (Å²) in [6.45, 7) is 8.36. The molecule has 0 radical (unpaired) electrons. The van der Waals surface area contributed by atoms with Crippen LogP contribution in [0.5, 0.6) is 0 Å². The number of aliphatic hydroxyl groups is 2. The van der Waals surface area contributed by atoms with E-state index in [9.17, 15) is 15.0 Å². The Morgan fingerprint density at radius 2 is 0.943 bits per heavy atom. The third-order valence-electron chi connectivity index (χ3n) is 9.48. The van der Waals surface area contributed by atoms with Crippen molar-refractivity contribution in [1.82, 2.24) is 4.90 Å². The molecule has 1 rings (SSSR count). The highest BCUT2D eigenvalue weighted by molar-refractivity contribution is 5.37.